The first-order valence-corrected chi connectivity index (χ1v) is 9.36. The van der Waals surface area contributed by atoms with Crippen LogP contribution in [0.1, 0.15) is 25.0 Å². The van der Waals surface area contributed by atoms with Gasteiger partial charge in [0, 0.05) is 6.54 Å². The van der Waals surface area contributed by atoms with Gasteiger partial charge in [-0.2, -0.15) is 0 Å². The Morgan fingerprint density at radius 1 is 0.931 bits per heavy atom. The minimum Gasteiger partial charge on any atom is -0.454 e. The van der Waals surface area contributed by atoms with E-state index in [0.717, 1.165) is 11.1 Å². The van der Waals surface area contributed by atoms with Gasteiger partial charge < -0.3 is 15.4 Å². The van der Waals surface area contributed by atoms with Crippen LogP contribution in [-0.2, 0) is 32.1 Å². The maximum Gasteiger partial charge on any atom is 0.329 e. The summed E-state index contributed by atoms with van der Waals surface area (Å²) in [7, 11) is 0. The summed E-state index contributed by atoms with van der Waals surface area (Å²) in [5, 5.41) is 5.26. The zero-order chi connectivity index (χ0) is 21.2. The minimum absolute atomic E-state index is 0.148. The van der Waals surface area contributed by atoms with Gasteiger partial charge in [-0.25, -0.2) is 9.18 Å². The van der Waals surface area contributed by atoms with E-state index in [9.17, 15) is 18.8 Å². The molecule has 0 radical (unpaired) electrons. The third-order valence-corrected chi connectivity index (χ3v) is 4.19. The Kier molecular flexibility index (Phi) is 8.33. The molecule has 0 unspecified atom stereocenters. The Labute approximate surface area is 169 Å². The highest BCUT2D eigenvalue weighted by molar-refractivity contribution is 5.87. The van der Waals surface area contributed by atoms with E-state index in [-0.39, 0.29) is 30.6 Å². The van der Waals surface area contributed by atoms with Gasteiger partial charge in [-0.05, 0) is 29.2 Å². The number of ether oxygens (including phenoxy) is 1. The van der Waals surface area contributed by atoms with Gasteiger partial charge in [0.15, 0.2) is 6.61 Å². The average molecular weight is 400 g/mol. The number of halogens is 1. The topological polar surface area (TPSA) is 84.5 Å². The Balaban J connectivity index is 1.79. The maximum atomic E-state index is 12.9. The number of benzene rings is 2. The van der Waals surface area contributed by atoms with E-state index in [1.54, 1.807) is 26.0 Å². The van der Waals surface area contributed by atoms with Crippen molar-refractivity contribution in [2.24, 2.45) is 5.92 Å². The van der Waals surface area contributed by atoms with E-state index in [2.05, 4.69) is 10.6 Å². The molecule has 0 saturated carbocycles. The molecule has 0 aliphatic rings. The maximum absolute atomic E-state index is 12.9. The van der Waals surface area contributed by atoms with E-state index in [1.165, 1.54) is 12.1 Å². The van der Waals surface area contributed by atoms with Crippen molar-refractivity contribution in [3.8, 4) is 0 Å². The molecule has 154 valence electrons. The number of hydrogen-bond donors (Lipinski definition) is 2. The normalized spacial score (nSPS) is 11.6. The fourth-order valence-electron chi connectivity index (χ4n) is 2.58. The standard InChI is InChI=1S/C22H25FN2O4/c1-15(2)21(25-19(26)12-16-6-4-3-5-7-16)22(28)29-14-20(27)24-13-17-8-10-18(23)11-9-17/h3-11,15,21H,12-14H2,1-2H3,(H,24,27)(H,25,26)/t21-/m0/s1. The van der Waals surface area contributed by atoms with Crippen molar-refractivity contribution >= 4 is 17.8 Å². The zero-order valence-corrected chi connectivity index (χ0v) is 16.5. The zero-order valence-electron chi connectivity index (χ0n) is 16.5. The minimum atomic E-state index is -0.851. The number of esters is 1. The first-order valence-electron chi connectivity index (χ1n) is 9.36. The summed E-state index contributed by atoms with van der Waals surface area (Å²) in [5.41, 5.74) is 1.56. The number of carbonyl (C=O) groups is 3. The Hall–Kier alpha value is -3.22. The van der Waals surface area contributed by atoms with E-state index >= 15 is 0 Å². The molecule has 0 spiro atoms. The predicted octanol–water partition coefficient (Wildman–Crippen LogP) is 2.37. The van der Waals surface area contributed by atoms with E-state index < -0.39 is 24.5 Å². The van der Waals surface area contributed by atoms with Gasteiger partial charge in [0.1, 0.15) is 11.9 Å². The lowest BCUT2D eigenvalue weighted by Crippen LogP contribution is -2.46. The number of carbonyl (C=O) groups excluding carboxylic acids is 3. The van der Waals surface area contributed by atoms with Gasteiger partial charge >= 0.3 is 5.97 Å². The molecule has 0 aliphatic carbocycles. The second-order valence-corrected chi connectivity index (χ2v) is 6.96. The summed E-state index contributed by atoms with van der Waals surface area (Å²) in [6.07, 6.45) is 0.148. The van der Waals surface area contributed by atoms with Crippen LogP contribution < -0.4 is 10.6 Å². The quantitative estimate of drug-likeness (QED) is 0.633. The Morgan fingerprint density at radius 2 is 1.59 bits per heavy atom. The molecule has 6 nitrogen and oxygen atoms in total. The van der Waals surface area contributed by atoms with E-state index in [0.29, 0.717) is 0 Å². The Bertz CT molecular complexity index is 822. The molecule has 2 N–H and O–H groups in total. The van der Waals surface area contributed by atoms with Crippen LogP contribution in [0.2, 0.25) is 0 Å². The highest BCUT2D eigenvalue weighted by Crippen LogP contribution is 2.06. The molecule has 2 amide bonds. The summed E-state index contributed by atoms with van der Waals surface area (Å²) in [5.74, 6) is -2.01. The van der Waals surface area contributed by atoms with Crippen molar-refractivity contribution in [1.82, 2.24) is 10.6 Å². The highest BCUT2D eigenvalue weighted by Gasteiger charge is 2.26. The summed E-state index contributed by atoms with van der Waals surface area (Å²) in [4.78, 5) is 36.5. The van der Waals surface area contributed by atoms with Gasteiger partial charge in [-0.1, -0.05) is 56.3 Å². The van der Waals surface area contributed by atoms with Crippen LogP contribution >= 0.6 is 0 Å². The molecule has 1 atom stereocenters. The number of rotatable bonds is 9. The number of nitrogens with one attached hydrogen (secondary N) is 2. The highest BCUT2D eigenvalue weighted by atomic mass is 19.1. The van der Waals surface area contributed by atoms with Crippen molar-refractivity contribution in [1.29, 1.82) is 0 Å². The third kappa shape index (κ3) is 7.73. The molecular formula is C22H25FN2O4. The second-order valence-electron chi connectivity index (χ2n) is 6.96. The number of amides is 2. The molecule has 0 heterocycles. The summed E-state index contributed by atoms with van der Waals surface area (Å²) < 4.78 is 17.9. The van der Waals surface area contributed by atoms with Crippen molar-refractivity contribution in [3.63, 3.8) is 0 Å². The van der Waals surface area contributed by atoms with Crippen LogP contribution in [0, 0.1) is 11.7 Å². The van der Waals surface area contributed by atoms with Gasteiger partial charge in [0.25, 0.3) is 5.91 Å². The van der Waals surface area contributed by atoms with E-state index in [4.69, 9.17) is 4.74 Å². The SMILES string of the molecule is CC(C)[C@H](NC(=O)Cc1ccccc1)C(=O)OCC(=O)NCc1ccc(F)cc1. The first-order chi connectivity index (χ1) is 13.8. The monoisotopic (exact) mass is 400 g/mol. The van der Waals surface area contributed by atoms with Crippen molar-refractivity contribution in [2.75, 3.05) is 6.61 Å². The summed E-state index contributed by atoms with van der Waals surface area (Å²) in [6.45, 7) is 3.29. The van der Waals surface area contributed by atoms with Crippen LogP contribution in [0.5, 0.6) is 0 Å². The lowest BCUT2D eigenvalue weighted by Gasteiger charge is -2.20. The smallest absolute Gasteiger partial charge is 0.329 e. The van der Waals surface area contributed by atoms with Crippen LogP contribution in [0.4, 0.5) is 4.39 Å². The second kappa shape index (κ2) is 10.9. The van der Waals surface area contributed by atoms with Crippen molar-refractivity contribution < 1.29 is 23.5 Å². The van der Waals surface area contributed by atoms with Crippen LogP contribution in [-0.4, -0.2) is 30.4 Å². The Morgan fingerprint density at radius 3 is 2.21 bits per heavy atom. The average Bonchev–Trinajstić information content (AvgIpc) is 2.70. The molecule has 2 rings (SSSR count). The molecule has 0 aliphatic heterocycles. The summed E-state index contributed by atoms with van der Waals surface area (Å²) in [6, 6.07) is 14.0. The molecule has 7 heteroatoms. The van der Waals surface area contributed by atoms with Crippen LogP contribution in [0.3, 0.4) is 0 Å². The lowest BCUT2D eigenvalue weighted by atomic mass is 10.0. The third-order valence-electron chi connectivity index (χ3n) is 4.19. The van der Waals surface area contributed by atoms with Gasteiger partial charge in [-0.3, -0.25) is 9.59 Å². The van der Waals surface area contributed by atoms with Crippen LogP contribution in [0.15, 0.2) is 54.6 Å². The van der Waals surface area contributed by atoms with Crippen molar-refractivity contribution in [3.05, 3.63) is 71.5 Å². The first kappa shape index (κ1) is 22.1. The van der Waals surface area contributed by atoms with Gasteiger partial charge in [0.2, 0.25) is 5.91 Å². The molecule has 2 aromatic rings. The number of hydrogen-bond acceptors (Lipinski definition) is 4. The molecule has 0 bridgehead atoms. The fraction of sp³-hybridized carbons (Fsp3) is 0.318. The van der Waals surface area contributed by atoms with Crippen molar-refractivity contribution in [2.45, 2.75) is 32.9 Å². The van der Waals surface area contributed by atoms with Gasteiger partial charge in [0.05, 0.1) is 6.42 Å². The summed E-state index contributed by atoms with van der Waals surface area (Å²) >= 11 is 0. The molecule has 0 aromatic heterocycles. The fourth-order valence-corrected chi connectivity index (χ4v) is 2.58. The predicted molar refractivity (Wildman–Crippen MR) is 106 cm³/mol. The van der Waals surface area contributed by atoms with Gasteiger partial charge in [-0.15, -0.1) is 0 Å². The largest absolute Gasteiger partial charge is 0.454 e. The molecule has 2 aromatic carbocycles. The molecule has 0 fully saturated rings. The van der Waals surface area contributed by atoms with E-state index in [1.807, 2.05) is 30.3 Å². The molecule has 29 heavy (non-hydrogen) atoms. The lowest BCUT2D eigenvalue weighted by molar-refractivity contribution is -0.152. The molecular weight excluding hydrogens is 375 g/mol. The molecule has 0 saturated heterocycles. The van der Waals surface area contributed by atoms with Crippen LogP contribution in [0.25, 0.3) is 0 Å².